The molecule has 0 aliphatic heterocycles. The maximum Gasteiger partial charge on any atom is 0.354 e. The van der Waals surface area contributed by atoms with E-state index in [0.717, 1.165) is 0 Å². The number of rotatable bonds is 4. The molecular formula is C12H12N2O5. The van der Waals surface area contributed by atoms with E-state index in [9.17, 15) is 14.9 Å². The third-order valence-corrected chi connectivity index (χ3v) is 2.61. The first-order valence-corrected chi connectivity index (χ1v) is 5.59. The Labute approximate surface area is 108 Å². The Morgan fingerprint density at radius 3 is 2.74 bits per heavy atom. The molecule has 0 amide bonds. The summed E-state index contributed by atoms with van der Waals surface area (Å²) >= 11 is 0. The van der Waals surface area contributed by atoms with Gasteiger partial charge in [-0.3, -0.25) is 10.1 Å². The number of fused-ring (bicyclic) bond motifs is 1. The summed E-state index contributed by atoms with van der Waals surface area (Å²) in [5.74, 6) is -0.194. The lowest BCUT2D eigenvalue weighted by Crippen LogP contribution is -2.04. The summed E-state index contributed by atoms with van der Waals surface area (Å²) in [6.07, 6.45) is 0. The van der Waals surface area contributed by atoms with Crippen molar-refractivity contribution in [3.63, 3.8) is 0 Å². The van der Waals surface area contributed by atoms with Crippen molar-refractivity contribution >= 4 is 22.6 Å². The number of aromatic nitrogens is 1. The van der Waals surface area contributed by atoms with Crippen LogP contribution in [0.5, 0.6) is 5.75 Å². The van der Waals surface area contributed by atoms with E-state index in [1.165, 1.54) is 19.2 Å². The molecule has 1 aromatic heterocycles. The molecular weight excluding hydrogens is 252 g/mol. The van der Waals surface area contributed by atoms with Gasteiger partial charge >= 0.3 is 5.97 Å². The van der Waals surface area contributed by atoms with Crippen LogP contribution >= 0.6 is 0 Å². The van der Waals surface area contributed by atoms with Gasteiger partial charge in [-0.1, -0.05) is 0 Å². The van der Waals surface area contributed by atoms with E-state index in [0.29, 0.717) is 11.1 Å². The number of hydrogen-bond donors (Lipinski definition) is 1. The highest BCUT2D eigenvalue weighted by Gasteiger charge is 2.19. The molecule has 0 bridgehead atoms. The molecule has 1 aromatic carbocycles. The Morgan fingerprint density at radius 1 is 1.42 bits per heavy atom. The molecule has 2 aromatic rings. The number of nitrogens with zero attached hydrogens (tertiary/aromatic N) is 1. The molecule has 0 aliphatic rings. The SMILES string of the molecule is CCOC(=O)c1cc2cc(OC)cc([N+](=O)[O-])c2[nH]1. The summed E-state index contributed by atoms with van der Waals surface area (Å²) in [7, 11) is 1.42. The average molecular weight is 264 g/mol. The van der Waals surface area contributed by atoms with E-state index < -0.39 is 10.9 Å². The molecule has 1 heterocycles. The Morgan fingerprint density at radius 2 is 2.16 bits per heavy atom. The number of nitrogens with one attached hydrogen (secondary N) is 1. The number of non-ortho nitro benzene ring substituents is 1. The molecule has 0 saturated carbocycles. The lowest BCUT2D eigenvalue weighted by molar-refractivity contribution is -0.383. The number of esters is 1. The molecule has 0 radical (unpaired) electrons. The van der Waals surface area contributed by atoms with Crippen LogP contribution in [-0.2, 0) is 4.74 Å². The fourth-order valence-electron chi connectivity index (χ4n) is 1.78. The Balaban J connectivity index is 2.60. The largest absolute Gasteiger partial charge is 0.496 e. The standard InChI is InChI=1S/C12H12N2O5/c1-3-19-12(15)9-5-7-4-8(18-2)6-10(14(16)17)11(7)13-9/h4-6,13H,3H2,1-2H3. The zero-order valence-corrected chi connectivity index (χ0v) is 10.4. The van der Waals surface area contributed by atoms with E-state index in [-0.39, 0.29) is 23.5 Å². The minimum Gasteiger partial charge on any atom is -0.496 e. The van der Waals surface area contributed by atoms with Crippen LogP contribution in [0.4, 0.5) is 5.69 Å². The molecule has 100 valence electrons. The second-order valence-corrected chi connectivity index (χ2v) is 3.77. The molecule has 19 heavy (non-hydrogen) atoms. The van der Waals surface area contributed by atoms with Crippen LogP contribution in [0, 0.1) is 10.1 Å². The zero-order chi connectivity index (χ0) is 14.0. The Hall–Kier alpha value is -2.57. The maximum atomic E-state index is 11.6. The topological polar surface area (TPSA) is 94.5 Å². The highest BCUT2D eigenvalue weighted by atomic mass is 16.6. The predicted molar refractivity (Wildman–Crippen MR) is 67.5 cm³/mol. The predicted octanol–water partition coefficient (Wildman–Crippen LogP) is 2.26. The fraction of sp³-hybridized carbons (Fsp3) is 0.250. The zero-order valence-electron chi connectivity index (χ0n) is 10.4. The van der Waals surface area contributed by atoms with E-state index in [2.05, 4.69) is 4.98 Å². The van der Waals surface area contributed by atoms with Crippen molar-refractivity contribution in [2.75, 3.05) is 13.7 Å². The second kappa shape index (κ2) is 4.97. The van der Waals surface area contributed by atoms with Crippen LogP contribution in [0.3, 0.4) is 0 Å². The van der Waals surface area contributed by atoms with Gasteiger partial charge in [0.15, 0.2) is 0 Å². The summed E-state index contributed by atoms with van der Waals surface area (Å²) in [6, 6.07) is 4.41. The average Bonchev–Trinajstić information content (AvgIpc) is 2.81. The number of nitro benzene ring substituents is 1. The number of ether oxygens (including phenoxy) is 2. The third kappa shape index (κ3) is 2.35. The van der Waals surface area contributed by atoms with E-state index in [1.54, 1.807) is 13.0 Å². The van der Waals surface area contributed by atoms with Gasteiger partial charge in [-0.15, -0.1) is 0 Å². The summed E-state index contributed by atoms with van der Waals surface area (Å²) in [5, 5.41) is 11.5. The minimum absolute atomic E-state index is 0.148. The summed E-state index contributed by atoms with van der Waals surface area (Å²) in [6.45, 7) is 1.92. The normalized spacial score (nSPS) is 10.4. The molecule has 0 spiro atoms. The van der Waals surface area contributed by atoms with Crippen molar-refractivity contribution in [1.29, 1.82) is 0 Å². The lowest BCUT2D eigenvalue weighted by atomic mass is 10.2. The van der Waals surface area contributed by atoms with Gasteiger partial charge in [-0.05, 0) is 19.1 Å². The lowest BCUT2D eigenvalue weighted by Gasteiger charge is -2.00. The van der Waals surface area contributed by atoms with Gasteiger partial charge < -0.3 is 14.5 Å². The van der Waals surface area contributed by atoms with E-state index in [4.69, 9.17) is 9.47 Å². The van der Waals surface area contributed by atoms with Crippen LogP contribution < -0.4 is 4.74 Å². The third-order valence-electron chi connectivity index (χ3n) is 2.61. The second-order valence-electron chi connectivity index (χ2n) is 3.77. The van der Waals surface area contributed by atoms with Crippen LogP contribution in [0.25, 0.3) is 10.9 Å². The number of hydrogen-bond acceptors (Lipinski definition) is 5. The molecule has 0 saturated heterocycles. The number of H-pyrrole nitrogens is 1. The highest BCUT2D eigenvalue weighted by molar-refractivity contribution is 5.98. The van der Waals surface area contributed by atoms with E-state index in [1.807, 2.05) is 0 Å². The summed E-state index contributed by atoms with van der Waals surface area (Å²) < 4.78 is 9.84. The highest BCUT2D eigenvalue weighted by Crippen LogP contribution is 2.31. The Kier molecular flexibility index (Phi) is 3.37. The number of carbonyl (C=O) groups excluding carboxylic acids is 1. The van der Waals surface area contributed by atoms with Gasteiger partial charge in [-0.2, -0.15) is 0 Å². The maximum absolute atomic E-state index is 11.6. The fourth-order valence-corrected chi connectivity index (χ4v) is 1.78. The number of aromatic amines is 1. The molecule has 7 nitrogen and oxygen atoms in total. The molecule has 0 aliphatic carbocycles. The van der Waals surface area contributed by atoms with Crippen molar-refractivity contribution in [3.05, 3.63) is 34.0 Å². The van der Waals surface area contributed by atoms with E-state index >= 15 is 0 Å². The first kappa shape index (κ1) is 12.9. The number of carbonyl (C=O) groups is 1. The quantitative estimate of drug-likeness (QED) is 0.519. The summed E-state index contributed by atoms with van der Waals surface area (Å²) in [4.78, 5) is 24.8. The summed E-state index contributed by atoms with van der Waals surface area (Å²) in [5.41, 5.74) is 0.298. The monoisotopic (exact) mass is 264 g/mol. The number of methoxy groups -OCH3 is 1. The number of benzene rings is 1. The molecule has 7 heteroatoms. The molecule has 0 fully saturated rings. The van der Waals surface area contributed by atoms with Gasteiger partial charge in [0.25, 0.3) is 5.69 Å². The molecule has 0 unspecified atom stereocenters. The smallest absolute Gasteiger partial charge is 0.354 e. The van der Waals surface area contributed by atoms with Gasteiger partial charge in [0.1, 0.15) is 17.0 Å². The van der Waals surface area contributed by atoms with Gasteiger partial charge in [0.05, 0.1) is 24.7 Å². The van der Waals surface area contributed by atoms with Gasteiger partial charge in [-0.25, -0.2) is 4.79 Å². The van der Waals surface area contributed by atoms with Crippen LogP contribution in [0.1, 0.15) is 17.4 Å². The first-order chi connectivity index (χ1) is 9.06. The van der Waals surface area contributed by atoms with Crippen LogP contribution in [0.2, 0.25) is 0 Å². The Bertz CT molecular complexity index is 647. The van der Waals surface area contributed by atoms with Crippen LogP contribution in [-0.4, -0.2) is 29.6 Å². The molecule has 1 N–H and O–H groups in total. The van der Waals surface area contributed by atoms with Gasteiger partial charge in [0.2, 0.25) is 0 Å². The van der Waals surface area contributed by atoms with Gasteiger partial charge in [0, 0.05) is 5.39 Å². The van der Waals surface area contributed by atoms with Crippen molar-refractivity contribution < 1.29 is 19.2 Å². The molecule has 2 rings (SSSR count). The first-order valence-electron chi connectivity index (χ1n) is 5.59. The van der Waals surface area contributed by atoms with Crippen molar-refractivity contribution in [2.45, 2.75) is 6.92 Å². The van der Waals surface area contributed by atoms with Crippen LogP contribution in [0.15, 0.2) is 18.2 Å². The van der Waals surface area contributed by atoms with Crippen molar-refractivity contribution in [3.8, 4) is 5.75 Å². The number of nitro groups is 1. The minimum atomic E-state index is -0.549. The van der Waals surface area contributed by atoms with Crippen molar-refractivity contribution in [2.24, 2.45) is 0 Å². The molecule has 0 atom stereocenters. The van der Waals surface area contributed by atoms with Crippen molar-refractivity contribution in [1.82, 2.24) is 4.98 Å².